The molecule has 1 heterocycles. The summed E-state index contributed by atoms with van der Waals surface area (Å²) in [5.41, 5.74) is 6.20. The molecule has 0 unspecified atom stereocenters. The first kappa shape index (κ1) is 12.2. The molecule has 2 N–H and O–H groups in total. The molecule has 0 radical (unpaired) electrons. The highest BCUT2D eigenvalue weighted by molar-refractivity contribution is 6.32. The minimum atomic E-state index is -0.443. The minimum Gasteiger partial charge on any atom is -0.462 e. The number of carbonyl (C=O) groups is 1. The molecule has 1 saturated carbocycles. The molecule has 1 aliphatic carbocycles. The Kier molecular flexibility index (Phi) is 3.84. The Hall–Kier alpha value is -1.29. The molecule has 1 aromatic rings. The Balaban J connectivity index is 1.96. The van der Waals surface area contributed by atoms with E-state index >= 15 is 0 Å². The van der Waals surface area contributed by atoms with Crippen LogP contribution < -0.4 is 5.73 Å². The van der Waals surface area contributed by atoms with Gasteiger partial charge in [-0.05, 0) is 24.8 Å². The lowest BCUT2D eigenvalue weighted by atomic mass is 10.1. The maximum Gasteiger partial charge on any atom is 0.341 e. The van der Waals surface area contributed by atoms with Gasteiger partial charge in [0.25, 0.3) is 0 Å². The number of halogens is 1. The van der Waals surface area contributed by atoms with E-state index in [1.54, 1.807) is 0 Å². The van der Waals surface area contributed by atoms with Gasteiger partial charge in [0.15, 0.2) is 0 Å². The van der Waals surface area contributed by atoms with Crippen molar-refractivity contribution < 1.29 is 9.53 Å². The number of carbonyl (C=O) groups excluding carboxylic acids is 1. The molecule has 0 saturated heterocycles. The number of hydrogen-bond acceptors (Lipinski definition) is 4. The van der Waals surface area contributed by atoms with Gasteiger partial charge in [-0.1, -0.05) is 24.4 Å². The van der Waals surface area contributed by atoms with Crippen molar-refractivity contribution in [2.75, 3.05) is 12.3 Å². The normalized spacial score (nSPS) is 16.1. The lowest BCUT2D eigenvalue weighted by molar-refractivity contribution is 0.0442. The van der Waals surface area contributed by atoms with Gasteiger partial charge in [-0.15, -0.1) is 0 Å². The summed E-state index contributed by atoms with van der Waals surface area (Å²) in [4.78, 5) is 15.6. The van der Waals surface area contributed by atoms with Crippen LogP contribution in [0.25, 0.3) is 0 Å². The van der Waals surface area contributed by atoms with Crippen molar-refractivity contribution >= 4 is 23.3 Å². The summed E-state index contributed by atoms with van der Waals surface area (Å²) in [6.45, 7) is 0.462. The number of hydrogen-bond donors (Lipinski definition) is 1. The van der Waals surface area contributed by atoms with Crippen LogP contribution in [-0.2, 0) is 4.74 Å². The van der Waals surface area contributed by atoms with Gasteiger partial charge in [0, 0.05) is 0 Å². The average molecular weight is 255 g/mol. The maximum atomic E-state index is 11.8. The van der Waals surface area contributed by atoms with Gasteiger partial charge in [-0.3, -0.25) is 0 Å². The number of pyridine rings is 1. The van der Waals surface area contributed by atoms with E-state index in [1.165, 1.54) is 25.1 Å². The third-order valence-corrected chi connectivity index (χ3v) is 3.31. The van der Waals surface area contributed by atoms with E-state index in [4.69, 9.17) is 22.1 Å². The zero-order valence-corrected chi connectivity index (χ0v) is 10.2. The zero-order chi connectivity index (χ0) is 12.3. The van der Waals surface area contributed by atoms with Gasteiger partial charge in [0.05, 0.1) is 24.1 Å². The Labute approximate surface area is 105 Å². The van der Waals surface area contributed by atoms with Crippen LogP contribution >= 0.6 is 11.6 Å². The van der Waals surface area contributed by atoms with E-state index in [-0.39, 0.29) is 10.7 Å². The number of anilines is 1. The number of nitrogen functional groups attached to an aromatic ring is 1. The number of ether oxygens (including phenoxy) is 1. The molecule has 1 aliphatic rings. The summed E-state index contributed by atoms with van der Waals surface area (Å²) < 4.78 is 5.23. The van der Waals surface area contributed by atoms with E-state index in [2.05, 4.69) is 4.98 Å². The van der Waals surface area contributed by atoms with Crippen LogP contribution in [0, 0.1) is 5.92 Å². The maximum absolute atomic E-state index is 11.8. The van der Waals surface area contributed by atoms with E-state index in [9.17, 15) is 4.79 Å². The Morgan fingerprint density at radius 3 is 2.94 bits per heavy atom. The molecule has 5 heteroatoms. The first-order chi connectivity index (χ1) is 8.16. The average Bonchev–Trinajstić information content (AvgIpc) is 2.82. The van der Waals surface area contributed by atoms with E-state index in [0.717, 1.165) is 12.8 Å². The summed E-state index contributed by atoms with van der Waals surface area (Å²) in [5, 5.41) is 0.135. The summed E-state index contributed by atoms with van der Waals surface area (Å²) >= 11 is 5.82. The van der Waals surface area contributed by atoms with Gasteiger partial charge >= 0.3 is 5.97 Å². The van der Waals surface area contributed by atoms with Crippen LogP contribution in [0.15, 0.2) is 12.3 Å². The summed E-state index contributed by atoms with van der Waals surface area (Å²) in [5.74, 6) is 0.0495. The van der Waals surface area contributed by atoms with Gasteiger partial charge < -0.3 is 10.5 Å². The molecule has 2 rings (SSSR count). The van der Waals surface area contributed by atoms with Crippen LogP contribution in [0.3, 0.4) is 0 Å². The number of aromatic nitrogens is 1. The van der Waals surface area contributed by atoms with Crippen molar-refractivity contribution in [3.05, 3.63) is 23.0 Å². The Morgan fingerprint density at radius 2 is 2.24 bits per heavy atom. The second-order valence-electron chi connectivity index (χ2n) is 4.36. The van der Waals surface area contributed by atoms with E-state index in [1.807, 2.05) is 0 Å². The number of esters is 1. The van der Waals surface area contributed by atoms with Gasteiger partial charge in [0.1, 0.15) is 5.15 Å². The smallest absolute Gasteiger partial charge is 0.341 e. The highest BCUT2D eigenvalue weighted by Crippen LogP contribution is 2.25. The predicted molar refractivity (Wildman–Crippen MR) is 65.9 cm³/mol. The molecule has 0 amide bonds. The number of nitrogens with zero attached hydrogens (tertiary/aromatic N) is 1. The molecule has 0 bridgehead atoms. The first-order valence-electron chi connectivity index (χ1n) is 5.75. The van der Waals surface area contributed by atoms with Crippen LogP contribution in [-0.4, -0.2) is 17.6 Å². The highest BCUT2D eigenvalue weighted by Gasteiger charge is 2.19. The van der Waals surface area contributed by atoms with Crippen molar-refractivity contribution in [3.63, 3.8) is 0 Å². The van der Waals surface area contributed by atoms with Crippen LogP contribution in [0.2, 0.25) is 5.15 Å². The molecule has 17 heavy (non-hydrogen) atoms. The SMILES string of the molecule is Nc1cnc(Cl)c(C(=O)OCC2CCCC2)c1. The quantitative estimate of drug-likeness (QED) is 0.665. The van der Waals surface area contributed by atoms with Crippen LogP contribution in [0.4, 0.5) is 5.69 Å². The third-order valence-electron chi connectivity index (χ3n) is 3.01. The van der Waals surface area contributed by atoms with Crippen LogP contribution in [0.1, 0.15) is 36.0 Å². The van der Waals surface area contributed by atoms with Crippen molar-refractivity contribution in [2.45, 2.75) is 25.7 Å². The second-order valence-corrected chi connectivity index (χ2v) is 4.71. The van der Waals surface area contributed by atoms with Crippen molar-refractivity contribution in [3.8, 4) is 0 Å². The Morgan fingerprint density at radius 1 is 1.53 bits per heavy atom. The molecule has 0 atom stereocenters. The molecular formula is C12H15ClN2O2. The lowest BCUT2D eigenvalue weighted by Gasteiger charge is -2.10. The minimum absolute atomic E-state index is 0.135. The topological polar surface area (TPSA) is 65.2 Å². The van der Waals surface area contributed by atoms with E-state index in [0.29, 0.717) is 18.2 Å². The second kappa shape index (κ2) is 5.36. The van der Waals surface area contributed by atoms with Crippen LogP contribution in [0.5, 0.6) is 0 Å². The number of rotatable bonds is 3. The molecule has 0 aromatic carbocycles. The van der Waals surface area contributed by atoms with Crippen molar-refractivity contribution in [2.24, 2.45) is 5.92 Å². The van der Waals surface area contributed by atoms with Crippen molar-refractivity contribution in [1.82, 2.24) is 4.98 Å². The molecule has 4 nitrogen and oxygen atoms in total. The summed E-state index contributed by atoms with van der Waals surface area (Å²) in [7, 11) is 0. The fourth-order valence-corrected chi connectivity index (χ4v) is 2.24. The largest absolute Gasteiger partial charge is 0.462 e. The molecule has 92 valence electrons. The first-order valence-corrected chi connectivity index (χ1v) is 6.13. The Bertz CT molecular complexity index is 417. The van der Waals surface area contributed by atoms with E-state index < -0.39 is 5.97 Å². The van der Waals surface area contributed by atoms with Gasteiger partial charge in [-0.25, -0.2) is 9.78 Å². The number of nitrogens with two attached hydrogens (primary N) is 1. The fourth-order valence-electron chi connectivity index (χ4n) is 2.06. The standard InChI is InChI=1S/C12H15ClN2O2/c13-11-10(5-9(14)6-15-11)12(16)17-7-8-3-1-2-4-8/h5-6,8H,1-4,7,14H2. The van der Waals surface area contributed by atoms with Crippen molar-refractivity contribution in [1.29, 1.82) is 0 Å². The third kappa shape index (κ3) is 3.09. The van der Waals surface area contributed by atoms with Gasteiger partial charge in [0.2, 0.25) is 0 Å². The molecular weight excluding hydrogens is 240 g/mol. The molecule has 1 fully saturated rings. The molecule has 0 spiro atoms. The predicted octanol–water partition coefficient (Wildman–Crippen LogP) is 2.66. The molecule has 0 aliphatic heterocycles. The zero-order valence-electron chi connectivity index (χ0n) is 9.49. The monoisotopic (exact) mass is 254 g/mol. The van der Waals surface area contributed by atoms with Gasteiger partial charge in [-0.2, -0.15) is 0 Å². The summed E-state index contributed by atoms with van der Waals surface area (Å²) in [6.07, 6.45) is 6.13. The fraction of sp³-hybridized carbons (Fsp3) is 0.500. The lowest BCUT2D eigenvalue weighted by Crippen LogP contribution is -2.13. The highest BCUT2D eigenvalue weighted by atomic mass is 35.5. The summed E-state index contributed by atoms with van der Waals surface area (Å²) in [6, 6.07) is 1.49. The molecule has 1 aromatic heterocycles.